The number of rotatable bonds is 2. The second kappa shape index (κ2) is 5.29. The first-order valence-electron chi connectivity index (χ1n) is 5.73. The van der Waals surface area contributed by atoms with Gasteiger partial charge in [0.15, 0.2) is 0 Å². The predicted octanol–water partition coefficient (Wildman–Crippen LogP) is 4.52. The molecule has 1 fully saturated rings. The van der Waals surface area contributed by atoms with Crippen LogP contribution in [0.15, 0.2) is 16.6 Å². The number of aryl methyl sites for hydroxylation is 1. The Morgan fingerprint density at radius 3 is 2.94 bits per heavy atom. The van der Waals surface area contributed by atoms with E-state index in [1.54, 1.807) is 0 Å². The number of hydrogen-bond acceptors (Lipinski definition) is 2. The van der Waals surface area contributed by atoms with Crippen molar-refractivity contribution < 1.29 is 0 Å². The smallest absolute Gasteiger partial charge is 0.0677 e. The lowest BCUT2D eigenvalue weighted by Gasteiger charge is -2.18. The molecule has 2 rings (SSSR count). The van der Waals surface area contributed by atoms with Gasteiger partial charge in [-0.15, -0.1) is 0 Å². The van der Waals surface area contributed by atoms with Crippen molar-refractivity contribution in [3.05, 3.63) is 27.2 Å². The highest BCUT2D eigenvalue weighted by Gasteiger charge is 2.27. The molecule has 17 heavy (non-hydrogen) atoms. The van der Waals surface area contributed by atoms with E-state index in [4.69, 9.17) is 16.9 Å². The van der Waals surface area contributed by atoms with E-state index in [9.17, 15) is 0 Å². The maximum Gasteiger partial charge on any atom is 0.0677 e. The lowest BCUT2D eigenvalue weighted by Crippen LogP contribution is -2.23. The zero-order chi connectivity index (χ0) is 12.4. The highest BCUT2D eigenvalue weighted by atomic mass is 79.9. The second-order valence-corrected chi connectivity index (χ2v) is 5.76. The Balaban J connectivity index is 2.19. The Bertz CT molecular complexity index is 467. The van der Waals surface area contributed by atoms with Crippen molar-refractivity contribution in [2.45, 2.75) is 32.2 Å². The molecule has 2 atom stereocenters. The monoisotopic (exact) mass is 312 g/mol. The molecule has 0 saturated heterocycles. The van der Waals surface area contributed by atoms with E-state index in [1.807, 2.05) is 19.1 Å². The number of nitrogens with one attached hydrogen (secondary N) is 1. The summed E-state index contributed by atoms with van der Waals surface area (Å²) in [6.07, 6.45) is 3.16. The van der Waals surface area contributed by atoms with E-state index < -0.39 is 0 Å². The minimum Gasteiger partial charge on any atom is -0.380 e. The standard InChI is InChI=1S/C13H14BrClN2/c1-8-5-10(14)13(6-11(8)15)17-12-4-2-3-9(12)7-16/h5-6,9,12,17H,2-4H2,1H3. The molecule has 2 nitrogen and oxygen atoms in total. The van der Waals surface area contributed by atoms with Crippen LogP contribution in [0, 0.1) is 24.2 Å². The summed E-state index contributed by atoms with van der Waals surface area (Å²) in [5.41, 5.74) is 2.03. The summed E-state index contributed by atoms with van der Waals surface area (Å²) in [4.78, 5) is 0. The quantitative estimate of drug-likeness (QED) is 0.871. The minimum absolute atomic E-state index is 0.113. The zero-order valence-corrected chi connectivity index (χ0v) is 12.0. The molecule has 0 spiro atoms. The van der Waals surface area contributed by atoms with Gasteiger partial charge in [0.05, 0.1) is 17.7 Å². The van der Waals surface area contributed by atoms with Crippen LogP contribution in [-0.2, 0) is 0 Å². The average Bonchev–Trinajstić information content (AvgIpc) is 2.73. The Kier molecular flexibility index (Phi) is 3.96. The van der Waals surface area contributed by atoms with E-state index in [-0.39, 0.29) is 12.0 Å². The molecule has 0 aromatic heterocycles. The Morgan fingerprint density at radius 2 is 2.24 bits per heavy atom. The van der Waals surface area contributed by atoms with Gasteiger partial charge in [0.1, 0.15) is 0 Å². The van der Waals surface area contributed by atoms with E-state index in [2.05, 4.69) is 27.3 Å². The van der Waals surface area contributed by atoms with Crippen molar-refractivity contribution in [1.29, 1.82) is 5.26 Å². The molecule has 2 unspecified atom stereocenters. The summed E-state index contributed by atoms with van der Waals surface area (Å²) in [7, 11) is 0. The molecule has 1 saturated carbocycles. The topological polar surface area (TPSA) is 35.8 Å². The van der Waals surface area contributed by atoms with Crippen LogP contribution in [0.5, 0.6) is 0 Å². The van der Waals surface area contributed by atoms with Crippen molar-refractivity contribution >= 4 is 33.2 Å². The van der Waals surface area contributed by atoms with E-state index in [1.165, 1.54) is 0 Å². The number of anilines is 1. The normalized spacial score (nSPS) is 23.4. The number of benzene rings is 1. The first-order valence-corrected chi connectivity index (χ1v) is 6.90. The molecule has 0 aliphatic heterocycles. The number of nitriles is 1. The number of halogens is 2. The van der Waals surface area contributed by atoms with Crippen LogP contribution in [0.4, 0.5) is 5.69 Å². The number of hydrogen-bond donors (Lipinski definition) is 1. The maximum absolute atomic E-state index is 9.05. The Morgan fingerprint density at radius 1 is 1.47 bits per heavy atom. The summed E-state index contributed by atoms with van der Waals surface area (Å²) >= 11 is 9.64. The van der Waals surface area contributed by atoms with Gasteiger partial charge in [0, 0.05) is 15.5 Å². The summed E-state index contributed by atoms with van der Waals surface area (Å²) in [5.74, 6) is 0.113. The van der Waals surface area contributed by atoms with Gasteiger partial charge >= 0.3 is 0 Å². The summed E-state index contributed by atoms with van der Waals surface area (Å²) < 4.78 is 1.00. The largest absolute Gasteiger partial charge is 0.380 e. The van der Waals surface area contributed by atoms with Crippen LogP contribution in [0.1, 0.15) is 24.8 Å². The third-order valence-electron chi connectivity index (χ3n) is 3.27. The molecule has 1 N–H and O–H groups in total. The van der Waals surface area contributed by atoms with Gasteiger partial charge in [0.25, 0.3) is 0 Å². The van der Waals surface area contributed by atoms with Gasteiger partial charge in [-0.1, -0.05) is 11.6 Å². The summed E-state index contributed by atoms with van der Waals surface area (Å²) in [6, 6.07) is 6.54. The van der Waals surface area contributed by atoms with Crippen molar-refractivity contribution in [2.75, 3.05) is 5.32 Å². The molecule has 1 aliphatic carbocycles. The molecule has 0 bridgehead atoms. The first-order chi connectivity index (χ1) is 8.11. The van der Waals surface area contributed by atoms with E-state index in [0.717, 1.165) is 40.0 Å². The van der Waals surface area contributed by atoms with Gasteiger partial charge in [-0.3, -0.25) is 0 Å². The predicted molar refractivity (Wildman–Crippen MR) is 74.3 cm³/mol. The molecule has 1 aliphatic rings. The highest BCUT2D eigenvalue weighted by Crippen LogP contribution is 2.33. The average molecular weight is 314 g/mol. The fourth-order valence-electron chi connectivity index (χ4n) is 2.24. The fraction of sp³-hybridized carbons (Fsp3) is 0.462. The first kappa shape index (κ1) is 12.7. The molecular formula is C13H14BrClN2. The SMILES string of the molecule is Cc1cc(Br)c(NC2CCCC2C#N)cc1Cl. The molecular weight excluding hydrogens is 300 g/mol. The van der Waals surface area contributed by atoms with Gasteiger partial charge in [0.2, 0.25) is 0 Å². The summed E-state index contributed by atoms with van der Waals surface area (Å²) in [5, 5.41) is 13.2. The lowest BCUT2D eigenvalue weighted by molar-refractivity contribution is 0.629. The van der Waals surface area contributed by atoms with Crippen LogP contribution >= 0.6 is 27.5 Å². The van der Waals surface area contributed by atoms with Crippen LogP contribution in [0.25, 0.3) is 0 Å². The molecule has 4 heteroatoms. The molecule has 0 amide bonds. The third kappa shape index (κ3) is 2.75. The second-order valence-electron chi connectivity index (χ2n) is 4.50. The molecule has 0 heterocycles. The molecule has 1 aromatic carbocycles. The van der Waals surface area contributed by atoms with Crippen LogP contribution in [0.3, 0.4) is 0 Å². The summed E-state index contributed by atoms with van der Waals surface area (Å²) in [6.45, 7) is 1.98. The lowest BCUT2D eigenvalue weighted by atomic mass is 10.1. The molecule has 90 valence electrons. The van der Waals surface area contributed by atoms with Crippen molar-refractivity contribution in [2.24, 2.45) is 5.92 Å². The molecule has 0 radical (unpaired) electrons. The van der Waals surface area contributed by atoms with E-state index >= 15 is 0 Å². The minimum atomic E-state index is 0.113. The Labute approximate surface area is 115 Å². The van der Waals surface area contributed by atoms with Crippen molar-refractivity contribution in [3.8, 4) is 6.07 Å². The van der Waals surface area contributed by atoms with Gasteiger partial charge in [-0.25, -0.2) is 0 Å². The van der Waals surface area contributed by atoms with Crippen LogP contribution in [-0.4, -0.2) is 6.04 Å². The molecule has 1 aromatic rings. The van der Waals surface area contributed by atoms with Gasteiger partial charge in [-0.2, -0.15) is 5.26 Å². The number of nitrogens with zero attached hydrogens (tertiary/aromatic N) is 1. The van der Waals surface area contributed by atoms with Crippen molar-refractivity contribution in [1.82, 2.24) is 0 Å². The van der Waals surface area contributed by atoms with Crippen LogP contribution < -0.4 is 5.32 Å². The van der Waals surface area contributed by atoms with Crippen molar-refractivity contribution in [3.63, 3.8) is 0 Å². The Hall–Kier alpha value is -0.720. The zero-order valence-electron chi connectivity index (χ0n) is 9.63. The third-order valence-corrected chi connectivity index (χ3v) is 4.33. The maximum atomic E-state index is 9.05. The van der Waals surface area contributed by atoms with Gasteiger partial charge in [-0.05, 0) is 59.8 Å². The highest BCUT2D eigenvalue weighted by molar-refractivity contribution is 9.10. The van der Waals surface area contributed by atoms with Gasteiger partial charge < -0.3 is 5.32 Å². The van der Waals surface area contributed by atoms with E-state index in [0.29, 0.717) is 0 Å². The fourth-order valence-corrected chi connectivity index (χ4v) is 2.98. The van der Waals surface area contributed by atoms with Crippen LogP contribution in [0.2, 0.25) is 5.02 Å².